The van der Waals surface area contributed by atoms with E-state index in [2.05, 4.69) is 5.32 Å². The molecule has 3 aliphatic rings. The number of alkyl halides is 5. The van der Waals surface area contributed by atoms with Crippen LogP contribution in [0.25, 0.3) is 0 Å². The maximum Gasteiger partial charge on any atom is 0.391 e. The SMILES string of the molecule is CC1(C)C(=O)N(C2NCC(Cl)CC2F)CC(=O)N1CC1CCC(C(F)(F)F)CC1. The summed E-state index contributed by atoms with van der Waals surface area (Å²) in [6.07, 6.45) is -5.51. The zero-order valence-corrected chi connectivity index (χ0v) is 17.4. The van der Waals surface area contributed by atoms with Crippen molar-refractivity contribution in [2.24, 2.45) is 11.8 Å². The van der Waals surface area contributed by atoms with Gasteiger partial charge in [-0.2, -0.15) is 13.2 Å². The van der Waals surface area contributed by atoms with Gasteiger partial charge in [-0.25, -0.2) is 4.39 Å². The lowest BCUT2D eigenvalue weighted by atomic mass is 9.80. The minimum Gasteiger partial charge on any atom is -0.327 e. The molecule has 1 aliphatic carbocycles. The van der Waals surface area contributed by atoms with Crippen LogP contribution in [0.3, 0.4) is 0 Å². The molecule has 29 heavy (non-hydrogen) atoms. The van der Waals surface area contributed by atoms with Crippen LogP contribution in [0.2, 0.25) is 0 Å². The minimum atomic E-state index is -4.18. The summed E-state index contributed by atoms with van der Waals surface area (Å²) in [6.45, 7) is 3.57. The van der Waals surface area contributed by atoms with Gasteiger partial charge < -0.3 is 9.80 Å². The molecule has 0 bridgehead atoms. The molecule has 0 aromatic rings. The first kappa shape index (κ1) is 22.6. The number of halogens is 5. The molecule has 0 aromatic carbocycles. The Morgan fingerprint density at radius 3 is 2.34 bits per heavy atom. The molecule has 3 fully saturated rings. The number of carbonyl (C=O) groups is 2. The number of piperazine rings is 1. The highest BCUT2D eigenvalue weighted by molar-refractivity contribution is 6.20. The molecule has 2 aliphatic heterocycles. The molecular weight excluding hydrogens is 414 g/mol. The molecule has 2 amide bonds. The summed E-state index contributed by atoms with van der Waals surface area (Å²) in [5, 5.41) is 2.55. The average molecular weight is 442 g/mol. The number of nitrogens with zero attached hydrogens (tertiary/aromatic N) is 2. The van der Waals surface area contributed by atoms with Crippen LogP contribution in [0.15, 0.2) is 0 Å². The first-order valence-electron chi connectivity index (χ1n) is 10.1. The van der Waals surface area contributed by atoms with Crippen molar-refractivity contribution in [1.29, 1.82) is 0 Å². The quantitative estimate of drug-likeness (QED) is 0.541. The molecule has 0 aromatic heterocycles. The van der Waals surface area contributed by atoms with Crippen molar-refractivity contribution in [2.75, 3.05) is 19.6 Å². The van der Waals surface area contributed by atoms with Gasteiger partial charge in [0.15, 0.2) is 0 Å². The summed E-state index contributed by atoms with van der Waals surface area (Å²) in [5.41, 5.74) is -1.19. The normalized spacial score (nSPS) is 36.4. The number of nitrogens with one attached hydrogen (secondary N) is 1. The molecular formula is C19H28ClF4N3O2. The Bertz CT molecular complexity index is 637. The van der Waals surface area contributed by atoms with E-state index < -0.39 is 30.0 Å². The van der Waals surface area contributed by atoms with E-state index in [9.17, 15) is 27.2 Å². The number of rotatable bonds is 3. The average Bonchev–Trinajstić information content (AvgIpc) is 2.62. The third-order valence-electron chi connectivity index (χ3n) is 6.52. The van der Waals surface area contributed by atoms with E-state index >= 15 is 0 Å². The number of hydrogen-bond donors (Lipinski definition) is 1. The van der Waals surface area contributed by atoms with Gasteiger partial charge in [0.2, 0.25) is 11.8 Å². The fourth-order valence-corrected chi connectivity index (χ4v) is 4.96. The van der Waals surface area contributed by atoms with Gasteiger partial charge >= 0.3 is 6.18 Å². The molecule has 166 valence electrons. The second kappa shape index (κ2) is 8.21. The van der Waals surface area contributed by atoms with Crippen molar-refractivity contribution in [2.45, 2.75) is 75.4 Å². The Morgan fingerprint density at radius 2 is 1.79 bits per heavy atom. The molecule has 3 rings (SSSR count). The summed E-state index contributed by atoms with van der Waals surface area (Å²) < 4.78 is 53.1. The lowest BCUT2D eigenvalue weighted by Gasteiger charge is -2.50. The van der Waals surface area contributed by atoms with Crippen LogP contribution in [0.4, 0.5) is 17.6 Å². The fraction of sp³-hybridized carbons (Fsp3) is 0.895. The van der Waals surface area contributed by atoms with Crippen LogP contribution in [0.1, 0.15) is 46.0 Å². The van der Waals surface area contributed by atoms with Gasteiger partial charge in [0, 0.05) is 18.5 Å². The van der Waals surface area contributed by atoms with Crippen molar-refractivity contribution < 1.29 is 27.2 Å². The molecule has 1 N–H and O–H groups in total. The van der Waals surface area contributed by atoms with Crippen LogP contribution in [-0.2, 0) is 9.59 Å². The summed E-state index contributed by atoms with van der Waals surface area (Å²) >= 11 is 5.96. The van der Waals surface area contributed by atoms with Crippen LogP contribution in [0.5, 0.6) is 0 Å². The van der Waals surface area contributed by atoms with Crippen LogP contribution in [0, 0.1) is 11.8 Å². The van der Waals surface area contributed by atoms with Gasteiger partial charge in [-0.3, -0.25) is 14.9 Å². The Balaban J connectivity index is 1.65. The highest BCUT2D eigenvalue weighted by Gasteiger charge is 2.50. The van der Waals surface area contributed by atoms with Crippen molar-refractivity contribution in [3.05, 3.63) is 0 Å². The van der Waals surface area contributed by atoms with E-state index in [0.717, 1.165) is 0 Å². The van der Waals surface area contributed by atoms with Gasteiger partial charge in [-0.15, -0.1) is 11.6 Å². The van der Waals surface area contributed by atoms with Crippen LogP contribution in [-0.4, -0.2) is 70.7 Å². The Labute approximate surface area is 173 Å². The Morgan fingerprint density at radius 1 is 1.17 bits per heavy atom. The predicted molar refractivity (Wildman–Crippen MR) is 100.0 cm³/mol. The maximum absolute atomic E-state index is 14.5. The summed E-state index contributed by atoms with van der Waals surface area (Å²) in [7, 11) is 0. The number of piperidine rings is 1. The minimum absolute atomic E-state index is 0.0474. The van der Waals surface area contributed by atoms with E-state index in [1.807, 2.05) is 0 Å². The van der Waals surface area contributed by atoms with Crippen molar-refractivity contribution in [3.63, 3.8) is 0 Å². The van der Waals surface area contributed by atoms with Crippen LogP contribution < -0.4 is 5.32 Å². The molecule has 0 spiro atoms. The topological polar surface area (TPSA) is 52.7 Å². The number of carbonyl (C=O) groups excluding carboxylic acids is 2. The van der Waals surface area contributed by atoms with Gasteiger partial charge in [0.05, 0.1) is 5.92 Å². The van der Waals surface area contributed by atoms with E-state index in [1.54, 1.807) is 13.8 Å². The highest BCUT2D eigenvalue weighted by Crippen LogP contribution is 2.40. The second-order valence-electron chi connectivity index (χ2n) is 8.96. The first-order chi connectivity index (χ1) is 13.4. The summed E-state index contributed by atoms with van der Waals surface area (Å²) in [5.74, 6) is -2.04. The van der Waals surface area contributed by atoms with E-state index in [4.69, 9.17) is 11.6 Å². The van der Waals surface area contributed by atoms with E-state index in [-0.39, 0.29) is 55.5 Å². The van der Waals surface area contributed by atoms with Crippen molar-refractivity contribution in [1.82, 2.24) is 15.1 Å². The maximum atomic E-state index is 14.5. The molecule has 2 saturated heterocycles. The standard InChI is InChI=1S/C19H28ClF4N3O2/c1-18(2)17(29)26(16-14(21)7-13(20)8-25-16)10-15(28)27(18)9-11-3-5-12(6-4-11)19(22,23)24/h11-14,16,25H,3-10H2,1-2H3. The molecule has 0 radical (unpaired) electrons. The predicted octanol–water partition coefficient (Wildman–Crippen LogP) is 3.07. The molecule has 10 heteroatoms. The van der Waals surface area contributed by atoms with Gasteiger partial charge in [0.1, 0.15) is 24.4 Å². The van der Waals surface area contributed by atoms with E-state index in [0.29, 0.717) is 19.4 Å². The van der Waals surface area contributed by atoms with Crippen molar-refractivity contribution >= 4 is 23.4 Å². The lowest BCUT2D eigenvalue weighted by Crippen LogP contribution is -2.71. The second-order valence-corrected chi connectivity index (χ2v) is 9.57. The summed E-state index contributed by atoms with van der Waals surface area (Å²) in [4.78, 5) is 28.7. The fourth-order valence-electron chi connectivity index (χ4n) is 4.71. The first-order valence-corrected chi connectivity index (χ1v) is 10.5. The zero-order valence-electron chi connectivity index (χ0n) is 16.6. The smallest absolute Gasteiger partial charge is 0.327 e. The monoisotopic (exact) mass is 441 g/mol. The largest absolute Gasteiger partial charge is 0.391 e. The third-order valence-corrected chi connectivity index (χ3v) is 6.86. The van der Waals surface area contributed by atoms with Crippen molar-refractivity contribution in [3.8, 4) is 0 Å². The molecule has 2 heterocycles. The van der Waals surface area contributed by atoms with Gasteiger partial charge in [-0.05, 0) is 51.9 Å². The van der Waals surface area contributed by atoms with Crippen LogP contribution >= 0.6 is 11.6 Å². The van der Waals surface area contributed by atoms with E-state index in [1.165, 1.54) is 9.80 Å². The zero-order chi connectivity index (χ0) is 21.6. The molecule has 5 nitrogen and oxygen atoms in total. The lowest BCUT2D eigenvalue weighted by molar-refractivity contribution is -0.185. The Hall–Kier alpha value is -1.09. The number of amides is 2. The summed E-state index contributed by atoms with van der Waals surface area (Å²) in [6, 6.07) is 0. The van der Waals surface area contributed by atoms with Gasteiger partial charge in [0.25, 0.3) is 0 Å². The number of hydrogen-bond acceptors (Lipinski definition) is 3. The third kappa shape index (κ3) is 4.65. The Kier molecular flexibility index (Phi) is 6.40. The highest BCUT2D eigenvalue weighted by atomic mass is 35.5. The van der Waals surface area contributed by atoms with Gasteiger partial charge in [-0.1, -0.05) is 0 Å². The molecule has 1 saturated carbocycles. The molecule has 3 unspecified atom stereocenters. The molecule has 3 atom stereocenters.